The Labute approximate surface area is 80.8 Å². The second-order valence-electron chi connectivity index (χ2n) is 2.97. The van der Waals surface area contributed by atoms with Crippen LogP contribution in [0.25, 0.3) is 10.1 Å². The third-order valence-corrected chi connectivity index (χ3v) is 3.00. The van der Waals surface area contributed by atoms with Crippen LogP contribution in [0.2, 0.25) is 0 Å². The lowest BCUT2D eigenvalue weighted by Crippen LogP contribution is -2.03. The SMILES string of the molecule is CNCc1csc2cc(O)ccc12. The van der Waals surface area contributed by atoms with Gasteiger partial charge in [0.05, 0.1) is 0 Å². The molecule has 68 valence electrons. The van der Waals surface area contributed by atoms with E-state index in [-0.39, 0.29) is 0 Å². The Morgan fingerprint density at radius 2 is 2.31 bits per heavy atom. The van der Waals surface area contributed by atoms with Gasteiger partial charge < -0.3 is 10.4 Å². The van der Waals surface area contributed by atoms with E-state index in [9.17, 15) is 5.11 Å². The molecule has 2 N–H and O–H groups in total. The monoisotopic (exact) mass is 193 g/mol. The first-order chi connectivity index (χ1) is 6.31. The maximum atomic E-state index is 9.26. The molecule has 0 spiro atoms. The van der Waals surface area contributed by atoms with Gasteiger partial charge >= 0.3 is 0 Å². The number of fused-ring (bicyclic) bond motifs is 1. The van der Waals surface area contributed by atoms with Gasteiger partial charge in [0, 0.05) is 11.2 Å². The average molecular weight is 193 g/mol. The predicted molar refractivity (Wildman–Crippen MR) is 56.3 cm³/mol. The van der Waals surface area contributed by atoms with Crippen LogP contribution in [0, 0.1) is 0 Å². The van der Waals surface area contributed by atoms with Gasteiger partial charge in [-0.05, 0) is 41.6 Å². The number of hydrogen-bond donors (Lipinski definition) is 2. The Balaban J connectivity index is 2.55. The highest BCUT2D eigenvalue weighted by Crippen LogP contribution is 2.28. The van der Waals surface area contributed by atoms with E-state index < -0.39 is 0 Å². The smallest absolute Gasteiger partial charge is 0.117 e. The fourth-order valence-corrected chi connectivity index (χ4v) is 2.39. The predicted octanol–water partition coefficient (Wildman–Crippen LogP) is 2.33. The molecule has 0 amide bonds. The summed E-state index contributed by atoms with van der Waals surface area (Å²) in [7, 11) is 1.93. The van der Waals surface area contributed by atoms with Crippen molar-refractivity contribution in [2.24, 2.45) is 0 Å². The molecule has 0 radical (unpaired) electrons. The van der Waals surface area contributed by atoms with E-state index in [1.807, 2.05) is 13.1 Å². The molecule has 0 aliphatic rings. The summed E-state index contributed by atoms with van der Waals surface area (Å²) in [6.45, 7) is 0.880. The number of benzene rings is 1. The number of nitrogens with one attached hydrogen (secondary N) is 1. The fraction of sp³-hybridized carbons (Fsp3) is 0.200. The quantitative estimate of drug-likeness (QED) is 0.767. The van der Waals surface area contributed by atoms with Gasteiger partial charge in [-0.15, -0.1) is 11.3 Å². The third-order valence-electron chi connectivity index (χ3n) is 2.01. The van der Waals surface area contributed by atoms with Crippen molar-refractivity contribution in [1.82, 2.24) is 5.32 Å². The average Bonchev–Trinajstić information content (AvgIpc) is 2.49. The summed E-state index contributed by atoms with van der Waals surface area (Å²) in [5.41, 5.74) is 1.29. The molecular formula is C10H11NOS. The molecule has 0 atom stereocenters. The Kier molecular flexibility index (Phi) is 2.20. The number of phenols is 1. The van der Waals surface area contributed by atoms with Gasteiger partial charge in [-0.1, -0.05) is 0 Å². The zero-order valence-corrected chi connectivity index (χ0v) is 8.19. The van der Waals surface area contributed by atoms with Crippen molar-refractivity contribution in [3.05, 3.63) is 29.1 Å². The minimum atomic E-state index is 0.338. The topological polar surface area (TPSA) is 32.3 Å². The first-order valence-corrected chi connectivity index (χ1v) is 5.03. The Bertz CT molecular complexity index is 422. The maximum Gasteiger partial charge on any atom is 0.117 e. The zero-order chi connectivity index (χ0) is 9.26. The minimum absolute atomic E-state index is 0.338. The van der Waals surface area contributed by atoms with Gasteiger partial charge in [-0.3, -0.25) is 0 Å². The van der Waals surface area contributed by atoms with E-state index in [0.717, 1.165) is 11.2 Å². The molecule has 1 aromatic heterocycles. The number of thiophene rings is 1. The van der Waals surface area contributed by atoms with E-state index in [1.54, 1.807) is 23.5 Å². The minimum Gasteiger partial charge on any atom is -0.508 e. The van der Waals surface area contributed by atoms with Crippen LogP contribution in [0.4, 0.5) is 0 Å². The Morgan fingerprint density at radius 3 is 3.08 bits per heavy atom. The Hall–Kier alpha value is -1.06. The molecule has 2 aromatic rings. The summed E-state index contributed by atoms with van der Waals surface area (Å²) < 4.78 is 1.14. The van der Waals surface area contributed by atoms with Crippen LogP contribution in [0.1, 0.15) is 5.56 Å². The standard InChI is InChI=1S/C10H11NOS/c1-11-5-7-6-13-10-4-8(12)2-3-9(7)10/h2-4,6,11-12H,5H2,1H3. The molecule has 0 fully saturated rings. The molecule has 0 saturated heterocycles. The van der Waals surface area contributed by atoms with Crippen LogP contribution in [0.5, 0.6) is 5.75 Å². The molecule has 1 aromatic carbocycles. The van der Waals surface area contributed by atoms with Gasteiger partial charge in [-0.25, -0.2) is 0 Å². The molecule has 0 saturated carbocycles. The summed E-state index contributed by atoms with van der Waals surface area (Å²) in [5.74, 6) is 0.338. The van der Waals surface area contributed by atoms with Gasteiger partial charge in [-0.2, -0.15) is 0 Å². The van der Waals surface area contributed by atoms with E-state index in [1.165, 1.54) is 10.9 Å². The third kappa shape index (κ3) is 1.53. The molecule has 0 bridgehead atoms. The first kappa shape index (κ1) is 8.53. The van der Waals surface area contributed by atoms with Crippen LogP contribution in [0.3, 0.4) is 0 Å². The Morgan fingerprint density at radius 1 is 1.46 bits per heavy atom. The van der Waals surface area contributed by atoms with Crippen molar-refractivity contribution in [2.45, 2.75) is 6.54 Å². The van der Waals surface area contributed by atoms with Crippen LogP contribution in [-0.4, -0.2) is 12.2 Å². The lowest BCUT2D eigenvalue weighted by Gasteiger charge is -1.97. The molecule has 3 heteroatoms. The summed E-state index contributed by atoms with van der Waals surface area (Å²) in [5, 5.41) is 15.7. The van der Waals surface area contributed by atoms with Gasteiger partial charge in [0.15, 0.2) is 0 Å². The van der Waals surface area contributed by atoms with E-state index in [4.69, 9.17) is 0 Å². The summed E-state index contributed by atoms with van der Waals surface area (Å²) in [4.78, 5) is 0. The van der Waals surface area contributed by atoms with Crippen molar-refractivity contribution in [2.75, 3.05) is 7.05 Å². The second-order valence-corrected chi connectivity index (χ2v) is 3.88. The fourth-order valence-electron chi connectivity index (χ4n) is 1.40. The van der Waals surface area contributed by atoms with Crippen LogP contribution < -0.4 is 5.32 Å². The molecule has 0 aliphatic heterocycles. The highest BCUT2D eigenvalue weighted by molar-refractivity contribution is 7.17. The molecule has 0 aliphatic carbocycles. The highest BCUT2D eigenvalue weighted by Gasteiger charge is 2.02. The molecular weight excluding hydrogens is 182 g/mol. The van der Waals surface area contributed by atoms with Gasteiger partial charge in [0.1, 0.15) is 5.75 Å². The molecule has 13 heavy (non-hydrogen) atoms. The molecule has 2 nitrogen and oxygen atoms in total. The largest absolute Gasteiger partial charge is 0.508 e. The number of aromatic hydroxyl groups is 1. The molecule has 1 heterocycles. The van der Waals surface area contributed by atoms with Gasteiger partial charge in [0.25, 0.3) is 0 Å². The maximum absolute atomic E-state index is 9.26. The van der Waals surface area contributed by atoms with E-state index >= 15 is 0 Å². The summed E-state index contributed by atoms with van der Waals surface area (Å²) in [6.07, 6.45) is 0. The molecule has 0 unspecified atom stereocenters. The van der Waals surface area contributed by atoms with Crippen molar-refractivity contribution in [3.8, 4) is 5.75 Å². The van der Waals surface area contributed by atoms with E-state index in [2.05, 4.69) is 10.7 Å². The van der Waals surface area contributed by atoms with Crippen LogP contribution in [0.15, 0.2) is 23.6 Å². The van der Waals surface area contributed by atoms with Crippen molar-refractivity contribution in [1.29, 1.82) is 0 Å². The number of hydrogen-bond acceptors (Lipinski definition) is 3. The second kappa shape index (κ2) is 3.36. The highest BCUT2D eigenvalue weighted by atomic mass is 32.1. The summed E-state index contributed by atoms with van der Waals surface area (Å²) in [6, 6.07) is 5.50. The number of phenolic OH excluding ortho intramolecular Hbond substituents is 1. The lowest BCUT2D eigenvalue weighted by atomic mass is 10.2. The zero-order valence-electron chi connectivity index (χ0n) is 7.37. The normalized spacial score (nSPS) is 10.8. The van der Waals surface area contributed by atoms with Crippen molar-refractivity contribution < 1.29 is 5.11 Å². The van der Waals surface area contributed by atoms with Crippen molar-refractivity contribution in [3.63, 3.8) is 0 Å². The van der Waals surface area contributed by atoms with Gasteiger partial charge in [0.2, 0.25) is 0 Å². The summed E-state index contributed by atoms with van der Waals surface area (Å²) >= 11 is 1.67. The van der Waals surface area contributed by atoms with Crippen LogP contribution in [-0.2, 0) is 6.54 Å². The lowest BCUT2D eigenvalue weighted by molar-refractivity contribution is 0.476. The molecule has 2 rings (SSSR count). The first-order valence-electron chi connectivity index (χ1n) is 4.15. The van der Waals surface area contributed by atoms with E-state index in [0.29, 0.717) is 5.75 Å². The van der Waals surface area contributed by atoms with Crippen molar-refractivity contribution >= 4 is 21.4 Å². The number of rotatable bonds is 2. The van der Waals surface area contributed by atoms with Crippen LogP contribution >= 0.6 is 11.3 Å².